The Kier molecular flexibility index (Phi) is 33.3. The molecule has 33 heteroatoms. The minimum atomic E-state index is -1.78. The minimum absolute atomic E-state index is 0.0227. The number of rotatable bonds is 36. The van der Waals surface area contributed by atoms with Crippen LogP contribution in [-0.4, -0.2) is 185 Å². The second-order valence-corrected chi connectivity index (χ2v) is 17.3. The van der Waals surface area contributed by atoms with E-state index in [-0.39, 0.29) is 32.2 Å². The zero-order chi connectivity index (χ0) is 59.7. The van der Waals surface area contributed by atoms with Gasteiger partial charge in [-0.25, -0.2) is 4.79 Å². The van der Waals surface area contributed by atoms with E-state index in [0.29, 0.717) is 18.4 Å². The van der Waals surface area contributed by atoms with E-state index < -0.39 is 183 Å². The largest absolute Gasteiger partial charge is 0.480 e. The van der Waals surface area contributed by atoms with E-state index in [0.717, 1.165) is 0 Å². The highest BCUT2D eigenvalue weighted by Crippen LogP contribution is 2.07. The van der Waals surface area contributed by atoms with Crippen molar-refractivity contribution in [3.63, 3.8) is 0 Å². The predicted octanol–water partition coefficient (Wildman–Crippen LogP) is -10.4. The molecule has 9 atom stereocenters. The third-order valence-corrected chi connectivity index (χ3v) is 10.6. The van der Waals surface area contributed by atoms with Crippen molar-refractivity contribution in [2.75, 3.05) is 32.8 Å². The standard InChI is InChI=1S/C42H66N14O16.C3H8N2O/c1-21(50-36(65)23(44)10-12-30(45)59)35(64)52-24(9-5-6-14-43)38(67)56-29(20-58)41(70)53-25(11-13-31(46)60)37(66)49-17-33(62)48-18-34(63)51-28(19-57)40(69)54-26(16-32(47)61)39(68)55-27(42(71)72)15-22-7-3-2-4-8-22;1-2(4)3(5)6/h2-4,7-8,21,23-29,57-58H,5-6,9-20,43-44H2,1H3,(H2,45,59)(H2,46,60)(H2,47,61)(H,48,62)(H,49,66)(H,50,65)(H,51,63)(H,52,64)(H,53,70)(H,54,69)(H,55,68)(H,56,67)(H,71,72);2H,4H2,1H3,(H2,5,6)/t21-,23-,24-,25-,26-,27-,28-,29-;2-/m00/s1. The number of carbonyl (C=O) groups is 14. The van der Waals surface area contributed by atoms with Gasteiger partial charge in [-0.2, -0.15) is 0 Å². The van der Waals surface area contributed by atoms with Gasteiger partial charge in [0.2, 0.25) is 76.8 Å². The summed E-state index contributed by atoms with van der Waals surface area (Å²) in [5, 5.41) is 49.5. The van der Waals surface area contributed by atoms with E-state index in [1.54, 1.807) is 37.3 Å². The molecular formula is C45H74N16O17. The highest BCUT2D eigenvalue weighted by atomic mass is 16.4. The fraction of sp³-hybridized carbons (Fsp3) is 0.556. The molecule has 1 rings (SSSR count). The van der Waals surface area contributed by atoms with Crippen LogP contribution < -0.4 is 88.0 Å². The van der Waals surface area contributed by atoms with Gasteiger partial charge in [0.1, 0.15) is 42.3 Å². The van der Waals surface area contributed by atoms with E-state index >= 15 is 0 Å². The quantitative estimate of drug-likeness (QED) is 0.0277. The number of carboxylic acids is 1. The summed E-state index contributed by atoms with van der Waals surface area (Å²) in [4.78, 5) is 173. The molecule has 26 N–H and O–H groups in total. The van der Waals surface area contributed by atoms with E-state index in [4.69, 9.17) is 34.4 Å². The molecule has 1 aromatic carbocycles. The lowest BCUT2D eigenvalue weighted by Crippen LogP contribution is -2.59. The number of aliphatic hydroxyl groups excluding tert-OH is 2. The maximum absolute atomic E-state index is 13.4. The van der Waals surface area contributed by atoms with Crippen LogP contribution in [0.25, 0.3) is 0 Å². The Morgan fingerprint density at radius 2 is 0.962 bits per heavy atom. The molecule has 0 aliphatic rings. The Balaban J connectivity index is 0.00000929. The van der Waals surface area contributed by atoms with Gasteiger partial charge in [-0.15, -0.1) is 0 Å². The summed E-state index contributed by atoms with van der Waals surface area (Å²) in [6.45, 7) is -0.777. The summed E-state index contributed by atoms with van der Waals surface area (Å²) < 4.78 is 0. The van der Waals surface area contributed by atoms with Gasteiger partial charge >= 0.3 is 5.97 Å². The molecule has 78 heavy (non-hydrogen) atoms. The van der Waals surface area contributed by atoms with Crippen molar-refractivity contribution in [1.29, 1.82) is 0 Å². The zero-order valence-electron chi connectivity index (χ0n) is 43.1. The average molecular weight is 1110 g/mol. The summed E-state index contributed by atoms with van der Waals surface area (Å²) in [6, 6.07) is -4.51. The van der Waals surface area contributed by atoms with Crippen LogP contribution >= 0.6 is 0 Å². The van der Waals surface area contributed by atoms with E-state index in [1.165, 1.54) is 6.92 Å². The van der Waals surface area contributed by atoms with Gasteiger partial charge in [0.15, 0.2) is 0 Å². The molecule has 33 nitrogen and oxygen atoms in total. The number of hydrogen-bond donors (Lipinski definition) is 19. The molecule has 0 saturated heterocycles. The van der Waals surface area contributed by atoms with Crippen molar-refractivity contribution < 1.29 is 82.4 Å². The third kappa shape index (κ3) is 29.6. The van der Waals surface area contributed by atoms with E-state index in [1.807, 2.05) is 0 Å². The number of nitrogens with two attached hydrogens (primary N) is 7. The molecule has 0 spiro atoms. The van der Waals surface area contributed by atoms with Gasteiger partial charge < -0.3 is 103 Å². The first-order chi connectivity index (χ1) is 36.6. The Labute approximate surface area is 447 Å². The van der Waals surface area contributed by atoms with Crippen LogP contribution in [0.3, 0.4) is 0 Å². The second-order valence-electron chi connectivity index (χ2n) is 17.3. The number of unbranched alkanes of at least 4 members (excludes halogenated alkanes) is 1. The molecule has 13 amide bonds. The summed E-state index contributed by atoms with van der Waals surface area (Å²) in [5.41, 5.74) is 37.0. The topological polar surface area (TPSA) is 590 Å². The van der Waals surface area contributed by atoms with Crippen molar-refractivity contribution in [1.82, 2.24) is 47.9 Å². The van der Waals surface area contributed by atoms with Crippen molar-refractivity contribution in [3.8, 4) is 0 Å². The summed E-state index contributed by atoms with van der Waals surface area (Å²) >= 11 is 0. The minimum Gasteiger partial charge on any atom is -0.480 e. The number of aliphatic hydroxyl groups is 2. The van der Waals surface area contributed by atoms with Crippen LogP contribution in [0.1, 0.15) is 70.8 Å². The van der Waals surface area contributed by atoms with Crippen molar-refractivity contribution in [3.05, 3.63) is 35.9 Å². The molecule has 0 aliphatic heterocycles. The van der Waals surface area contributed by atoms with Crippen LogP contribution in [-0.2, 0) is 73.5 Å². The lowest BCUT2D eigenvalue weighted by molar-refractivity contribution is -0.142. The molecule has 0 unspecified atom stereocenters. The average Bonchev–Trinajstić information content (AvgIpc) is 3.37. The highest BCUT2D eigenvalue weighted by Gasteiger charge is 2.33. The molecule has 0 heterocycles. The molecule has 0 aromatic heterocycles. The monoisotopic (exact) mass is 1110 g/mol. The first kappa shape index (κ1) is 69.6. The van der Waals surface area contributed by atoms with Gasteiger partial charge in [0.05, 0.1) is 44.8 Å². The Hall–Kier alpha value is -8.40. The number of aliphatic carboxylic acids is 1. The molecule has 0 bridgehead atoms. The Bertz CT molecular complexity index is 2240. The summed E-state index contributed by atoms with van der Waals surface area (Å²) in [5.74, 6) is -13.9. The summed E-state index contributed by atoms with van der Waals surface area (Å²) in [7, 11) is 0. The number of carboxylic acid groups (broad SMARTS) is 1. The molecule has 0 aliphatic carbocycles. The van der Waals surface area contributed by atoms with Crippen molar-refractivity contribution in [2.24, 2.45) is 40.1 Å². The Morgan fingerprint density at radius 3 is 1.47 bits per heavy atom. The van der Waals surface area contributed by atoms with Crippen LogP contribution in [0, 0.1) is 0 Å². The van der Waals surface area contributed by atoms with Gasteiger partial charge in [-0.05, 0) is 58.1 Å². The molecule has 0 fully saturated rings. The van der Waals surface area contributed by atoms with Crippen molar-refractivity contribution >= 4 is 82.8 Å². The molecule has 1 aromatic rings. The normalized spacial score (nSPS) is 14.0. The van der Waals surface area contributed by atoms with Crippen LogP contribution in [0.5, 0.6) is 0 Å². The zero-order valence-corrected chi connectivity index (χ0v) is 43.1. The van der Waals surface area contributed by atoms with Crippen LogP contribution in [0.4, 0.5) is 0 Å². The number of primary amides is 4. The summed E-state index contributed by atoms with van der Waals surface area (Å²) in [6.07, 6.45) is -1.51. The smallest absolute Gasteiger partial charge is 0.326 e. The molecular weight excluding hydrogens is 1040 g/mol. The number of benzene rings is 1. The Morgan fingerprint density at radius 1 is 0.500 bits per heavy atom. The lowest BCUT2D eigenvalue weighted by atomic mass is 10.0. The first-order valence-electron chi connectivity index (χ1n) is 24.1. The maximum Gasteiger partial charge on any atom is 0.326 e. The van der Waals surface area contributed by atoms with Crippen LogP contribution in [0.2, 0.25) is 0 Å². The number of hydrogen-bond acceptors (Lipinski definition) is 19. The fourth-order valence-corrected chi connectivity index (χ4v) is 6.14. The predicted molar refractivity (Wildman–Crippen MR) is 272 cm³/mol. The molecule has 436 valence electrons. The number of amides is 13. The van der Waals surface area contributed by atoms with E-state index in [2.05, 4.69) is 53.6 Å². The fourth-order valence-electron chi connectivity index (χ4n) is 6.14. The third-order valence-electron chi connectivity index (χ3n) is 10.6. The van der Waals surface area contributed by atoms with Gasteiger partial charge in [0, 0.05) is 19.3 Å². The van der Waals surface area contributed by atoms with Crippen LogP contribution in [0.15, 0.2) is 30.3 Å². The number of carbonyl (C=O) groups excluding carboxylic acids is 13. The van der Waals surface area contributed by atoms with Crippen molar-refractivity contribution in [2.45, 2.75) is 126 Å². The van der Waals surface area contributed by atoms with Gasteiger partial charge in [-0.1, -0.05) is 30.3 Å². The molecule has 0 radical (unpaired) electrons. The van der Waals surface area contributed by atoms with Gasteiger partial charge in [0.25, 0.3) is 0 Å². The SMILES string of the molecule is C[C@H](N)C(N)=O.C[C@H](NC(=O)[C@@H](N)CCC(N)=O)C(=O)N[C@@H](CCCCN)C(=O)N[C@@H](CO)C(=O)N[C@@H](CCC(N)=O)C(=O)NCC(=O)NCC(=O)N[C@@H](CO)C(=O)N[C@@H](CC(N)=O)C(=O)N[C@@H](Cc1ccccc1)C(=O)O. The van der Waals surface area contributed by atoms with E-state index in [9.17, 15) is 82.4 Å². The first-order valence-corrected chi connectivity index (χ1v) is 24.1. The molecule has 0 saturated carbocycles. The second kappa shape index (κ2) is 37.4. The van der Waals surface area contributed by atoms with Gasteiger partial charge in [-0.3, -0.25) is 62.3 Å². The highest BCUT2D eigenvalue weighted by molar-refractivity contribution is 5.98. The number of nitrogens with one attached hydrogen (secondary N) is 9. The lowest BCUT2D eigenvalue weighted by Gasteiger charge is -2.25. The maximum atomic E-state index is 13.4.